The van der Waals surface area contributed by atoms with Gasteiger partial charge in [0.15, 0.2) is 0 Å². The van der Waals surface area contributed by atoms with Crippen LogP contribution in [0.3, 0.4) is 0 Å². The minimum Gasteiger partial charge on any atom is -0.550 e. The van der Waals surface area contributed by atoms with Gasteiger partial charge in [0.1, 0.15) is 20.1 Å². The fourth-order valence-corrected chi connectivity index (χ4v) is 2.41. The predicted molar refractivity (Wildman–Crippen MR) is 89.1 cm³/mol. The molecule has 1 aliphatic rings. The molecular weight excluding hydrogens is 506 g/mol. The Labute approximate surface area is 150 Å². The van der Waals surface area contributed by atoms with E-state index in [-0.39, 0.29) is 20.7 Å². The first kappa shape index (κ1) is 18.9. The van der Waals surface area contributed by atoms with Crippen LogP contribution in [0.25, 0.3) is 0 Å². The second kappa shape index (κ2) is 8.49. The van der Waals surface area contributed by atoms with E-state index in [1.807, 2.05) is 45.2 Å². The van der Waals surface area contributed by atoms with Gasteiger partial charge in [-0.25, -0.2) is 0 Å². The van der Waals surface area contributed by atoms with E-state index >= 15 is 0 Å². The minimum atomic E-state index is -1.21. The van der Waals surface area contributed by atoms with E-state index in [9.17, 15) is 19.5 Å². The lowest BCUT2D eigenvalue weighted by atomic mass is 9.85. The second-order valence-electron chi connectivity index (χ2n) is 5.07. The second-order valence-corrected chi connectivity index (χ2v) is 8.81. The van der Waals surface area contributed by atoms with E-state index in [0.717, 1.165) is 0 Å². The summed E-state index contributed by atoms with van der Waals surface area (Å²) >= 11 is 3.86. The molecule has 0 aromatic rings. The summed E-state index contributed by atoms with van der Waals surface area (Å²) in [6, 6.07) is 0. The van der Waals surface area contributed by atoms with Crippen LogP contribution < -0.4 is 5.11 Å². The summed E-state index contributed by atoms with van der Waals surface area (Å²) in [5, 5.41) is 11.1. The molecule has 21 heavy (non-hydrogen) atoms. The van der Waals surface area contributed by atoms with E-state index < -0.39 is 36.0 Å². The summed E-state index contributed by atoms with van der Waals surface area (Å²) in [7, 11) is 0. The number of carboxylic acid groups (broad SMARTS) is 1. The van der Waals surface area contributed by atoms with Gasteiger partial charge in [0.2, 0.25) is 0 Å². The Morgan fingerprint density at radius 3 is 1.62 bits per heavy atom. The normalized spacial score (nSPS) is 28.3. The maximum absolute atomic E-state index is 11.6. The smallest absolute Gasteiger partial charge is 0.318 e. The molecule has 4 unspecified atom stereocenters. The highest BCUT2D eigenvalue weighted by atomic mass is 127. The first-order chi connectivity index (χ1) is 9.70. The van der Waals surface area contributed by atoms with Crippen LogP contribution >= 0.6 is 45.2 Å². The van der Waals surface area contributed by atoms with Gasteiger partial charge in [-0.3, -0.25) is 9.59 Å². The van der Waals surface area contributed by atoms with Crippen LogP contribution in [0.4, 0.5) is 0 Å². The molecule has 0 saturated heterocycles. The molecule has 1 aliphatic carbocycles. The number of rotatable bonds is 5. The summed E-state index contributed by atoms with van der Waals surface area (Å²) in [4.78, 5) is 34.3. The molecule has 0 spiro atoms. The summed E-state index contributed by atoms with van der Waals surface area (Å²) in [6.45, 7) is 3.38. The van der Waals surface area contributed by atoms with Gasteiger partial charge in [0, 0.05) is 18.3 Å². The molecule has 120 valence electrons. The maximum Gasteiger partial charge on any atom is 0.318 e. The van der Waals surface area contributed by atoms with Crippen LogP contribution in [0, 0.1) is 5.92 Å². The Morgan fingerprint density at radius 1 is 0.952 bits per heavy atom. The number of alkyl halides is 2. The van der Waals surface area contributed by atoms with Gasteiger partial charge in [-0.2, -0.15) is 0 Å². The number of carbonyl (C=O) groups excluding carboxylic acids is 3. The van der Waals surface area contributed by atoms with Gasteiger partial charge in [0.05, 0.1) is 0 Å². The zero-order valence-corrected chi connectivity index (χ0v) is 16.0. The summed E-state index contributed by atoms with van der Waals surface area (Å²) in [5.74, 6) is -2.77. The lowest BCUT2D eigenvalue weighted by Gasteiger charge is -2.35. The average Bonchev–Trinajstić information content (AvgIpc) is 2.37. The summed E-state index contributed by atoms with van der Waals surface area (Å²) in [6.07, 6.45) is -0.396. The van der Waals surface area contributed by atoms with Crippen molar-refractivity contribution in [2.75, 3.05) is 0 Å². The van der Waals surface area contributed by atoms with E-state index in [1.54, 1.807) is 13.8 Å². The predicted octanol–water partition coefficient (Wildman–Crippen LogP) is 1.01. The first-order valence-electron chi connectivity index (χ1n) is 6.60. The molecule has 4 atom stereocenters. The molecule has 0 amide bonds. The first-order valence-corrected chi connectivity index (χ1v) is 9.09. The van der Waals surface area contributed by atoms with Crippen molar-refractivity contribution >= 4 is 63.1 Å². The Morgan fingerprint density at radius 2 is 1.33 bits per heavy atom. The largest absolute Gasteiger partial charge is 0.550 e. The molecule has 0 bridgehead atoms. The Balaban J connectivity index is 2.70. The van der Waals surface area contributed by atoms with Crippen LogP contribution in [0.15, 0.2) is 0 Å². The molecule has 0 aromatic carbocycles. The molecule has 0 aliphatic heterocycles. The summed E-state index contributed by atoms with van der Waals surface area (Å²) in [5.41, 5.74) is 0. The van der Waals surface area contributed by atoms with Crippen LogP contribution in [-0.4, -0.2) is 38.0 Å². The van der Waals surface area contributed by atoms with E-state index in [4.69, 9.17) is 9.47 Å². The molecule has 0 radical (unpaired) electrons. The third kappa shape index (κ3) is 6.25. The number of hydrogen-bond donors (Lipinski definition) is 0. The highest BCUT2D eigenvalue weighted by Gasteiger charge is 2.34. The minimum absolute atomic E-state index is 0.200. The molecule has 0 aromatic heterocycles. The Kier molecular flexibility index (Phi) is 7.65. The van der Waals surface area contributed by atoms with Gasteiger partial charge in [-0.1, -0.05) is 45.2 Å². The summed E-state index contributed by atoms with van der Waals surface area (Å²) < 4.78 is 9.91. The zero-order valence-electron chi connectivity index (χ0n) is 11.7. The highest BCUT2D eigenvalue weighted by Crippen LogP contribution is 2.29. The molecule has 0 heterocycles. The van der Waals surface area contributed by atoms with Crippen LogP contribution in [-0.2, 0) is 23.9 Å². The van der Waals surface area contributed by atoms with Gasteiger partial charge >= 0.3 is 11.9 Å². The number of carboxylic acids is 1. The SMILES string of the molecule is CC(I)C(=O)OC1CC(OC(=O)C(C)I)CC(C(=O)[O-])C1. The lowest BCUT2D eigenvalue weighted by molar-refractivity contribution is -0.314. The van der Waals surface area contributed by atoms with Crippen molar-refractivity contribution < 1.29 is 29.0 Å². The van der Waals surface area contributed by atoms with Gasteiger partial charge in [0.25, 0.3) is 0 Å². The molecule has 1 fully saturated rings. The van der Waals surface area contributed by atoms with Crippen molar-refractivity contribution in [3.05, 3.63) is 0 Å². The van der Waals surface area contributed by atoms with E-state index in [1.165, 1.54) is 0 Å². The Hall–Kier alpha value is -0.130. The van der Waals surface area contributed by atoms with E-state index in [2.05, 4.69) is 0 Å². The number of aliphatic carboxylic acids is 1. The zero-order chi connectivity index (χ0) is 16.2. The van der Waals surface area contributed by atoms with Crippen LogP contribution in [0.5, 0.6) is 0 Å². The van der Waals surface area contributed by atoms with E-state index in [0.29, 0.717) is 6.42 Å². The van der Waals surface area contributed by atoms with Crippen LogP contribution in [0.2, 0.25) is 0 Å². The van der Waals surface area contributed by atoms with Gasteiger partial charge in [-0.15, -0.1) is 0 Å². The van der Waals surface area contributed by atoms with Gasteiger partial charge < -0.3 is 19.4 Å². The van der Waals surface area contributed by atoms with Crippen molar-refractivity contribution in [1.29, 1.82) is 0 Å². The fraction of sp³-hybridized carbons (Fsp3) is 0.769. The molecule has 1 saturated carbocycles. The highest BCUT2D eigenvalue weighted by molar-refractivity contribution is 14.1. The molecule has 8 heteroatoms. The fourth-order valence-electron chi connectivity index (χ4n) is 2.12. The average molecular weight is 523 g/mol. The molecule has 1 rings (SSSR count). The van der Waals surface area contributed by atoms with Crippen molar-refractivity contribution in [1.82, 2.24) is 0 Å². The van der Waals surface area contributed by atoms with Crippen LogP contribution in [0.1, 0.15) is 33.1 Å². The van der Waals surface area contributed by atoms with Gasteiger partial charge in [-0.05, 0) is 26.7 Å². The number of hydrogen-bond acceptors (Lipinski definition) is 6. The maximum atomic E-state index is 11.6. The topological polar surface area (TPSA) is 92.7 Å². The lowest BCUT2D eigenvalue weighted by Crippen LogP contribution is -2.43. The Bertz CT molecular complexity index is 379. The van der Waals surface area contributed by atoms with Crippen molar-refractivity contribution in [3.8, 4) is 0 Å². The van der Waals surface area contributed by atoms with Crippen molar-refractivity contribution in [3.63, 3.8) is 0 Å². The molecular formula is C13H17I2O6-. The quantitative estimate of drug-likeness (QED) is 0.304. The number of ether oxygens (including phenoxy) is 2. The number of halogens is 2. The monoisotopic (exact) mass is 523 g/mol. The molecule has 0 N–H and O–H groups in total. The van der Waals surface area contributed by atoms with Crippen molar-refractivity contribution in [2.24, 2.45) is 5.92 Å². The number of carbonyl (C=O) groups is 3. The third-order valence-electron chi connectivity index (χ3n) is 3.17. The number of esters is 2. The standard InChI is InChI=1S/C13H18I2O6/c1-6(14)12(18)20-9-3-8(11(16)17)4-10(5-9)21-13(19)7(2)15/h6-10H,3-5H2,1-2H3,(H,16,17)/p-1. The van der Waals surface area contributed by atoms with Crippen molar-refractivity contribution in [2.45, 2.75) is 53.2 Å². The molecule has 6 nitrogen and oxygen atoms in total. The third-order valence-corrected chi connectivity index (χ3v) is 4.19.